The molecule has 0 amide bonds. The van der Waals surface area contributed by atoms with E-state index in [-0.39, 0.29) is 6.61 Å². The number of pyridine rings is 1. The van der Waals surface area contributed by atoms with Crippen LogP contribution in [-0.2, 0) is 11.3 Å². The molecule has 0 atom stereocenters. The zero-order valence-corrected chi connectivity index (χ0v) is 12.6. The largest absolute Gasteiger partial charge is 0.493 e. The molecule has 1 aromatic heterocycles. The molecule has 2 aromatic rings. The van der Waals surface area contributed by atoms with Gasteiger partial charge in [0.25, 0.3) is 0 Å². The number of esters is 1. The number of nitrogens with zero attached hydrogens (tertiary/aromatic N) is 1. The highest BCUT2D eigenvalue weighted by Gasteiger charge is 2.13. The number of aromatic nitrogens is 1. The first-order chi connectivity index (χ1) is 10.6. The summed E-state index contributed by atoms with van der Waals surface area (Å²) in [6.07, 6.45) is 1.56. The number of benzene rings is 1. The molecule has 116 valence electrons. The second-order valence-electron chi connectivity index (χ2n) is 4.50. The van der Waals surface area contributed by atoms with Crippen molar-refractivity contribution in [1.82, 2.24) is 4.98 Å². The van der Waals surface area contributed by atoms with Crippen molar-refractivity contribution in [3.63, 3.8) is 0 Å². The summed E-state index contributed by atoms with van der Waals surface area (Å²) < 4.78 is 15.7. The normalized spacial score (nSPS) is 10.2. The number of carbonyl (C=O) groups is 1. The van der Waals surface area contributed by atoms with Crippen molar-refractivity contribution in [3.05, 3.63) is 47.3 Å². The molecule has 0 spiro atoms. The molecule has 1 heterocycles. The van der Waals surface area contributed by atoms with E-state index in [1.807, 2.05) is 6.92 Å². The standard InChI is InChI=1S/C16H17NO5/c1-10-12(9-18)17-7-6-13(10)22-14-5-4-11(16(19)21-3)8-15(14)20-2/h4-8,18H,9H2,1-3H3. The van der Waals surface area contributed by atoms with Gasteiger partial charge in [0.1, 0.15) is 5.75 Å². The number of hydrogen-bond acceptors (Lipinski definition) is 6. The fraction of sp³-hybridized carbons (Fsp3) is 0.250. The molecule has 2 rings (SSSR count). The van der Waals surface area contributed by atoms with Gasteiger partial charge in [0.2, 0.25) is 0 Å². The van der Waals surface area contributed by atoms with Crippen molar-refractivity contribution in [2.45, 2.75) is 13.5 Å². The van der Waals surface area contributed by atoms with Crippen molar-refractivity contribution >= 4 is 5.97 Å². The number of carbonyl (C=O) groups excluding carboxylic acids is 1. The molecule has 6 nitrogen and oxygen atoms in total. The number of aliphatic hydroxyl groups excluding tert-OH is 1. The van der Waals surface area contributed by atoms with Crippen LogP contribution in [0.5, 0.6) is 17.2 Å². The Bertz CT molecular complexity index is 684. The Hall–Kier alpha value is -2.60. The van der Waals surface area contributed by atoms with Gasteiger partial charge in [-0.25, -0.2) is 4.79 Å². The molecule has 0 saturated heterocycles. The quantitative estimate of drug-likeness (QED) is 0.855. The highest BCUT2D eigenvalue weighted by molar-refractivity contribution is 5.90. The topological polar surface area (TPSA) is 77.9 Å². The van der Waals surface area contributed by atoms with Gasteiger partial charge < -0.3 is 19.3 Å². The predicted octanol–water partition coefficient (Wildman–Crippen LogP) is 2.47. The van der Waals surface area contributed by atoms with Crippen LogP contribution in [0.4, 0.5) is 0 Å². The molecule has 1 N–H and O–H groups in total. The van der Waals surface area contributed by atoms with Crippen LogP contribution in [0, 0.1) is 6.92 Å². The van der Waals surface area contributed by atoms with Crippen LogP contribution >= 0.6 is 0 Å². The van der Waals surface area contributed by atoms with Gasteiger partial charge >= 0.3 is 5.97 Å². The van der Waals surface area contributed by atoms with Crippen LogP contribution in [-0.4, -0.2) is 30.3 Å². The number of aliphatic hydroxyl groups is 1. The smallest absolute Gasteiger partial charge is 0.337 e. The fourth-order valence-electron chi connectivity index (χ4n) is 1.94. The monoisotopic (exact) mass is 303 g/mol. The Labute approximate surface area is 128 Å². The van der Waals surface area contributed by atoms with E-state index >= 15 is 0 Å². The summed E-state index contributed by atoms with van der Waals surface area (Å²) in [6, 6.07) is 6.46. The maximum Gasteiger partial charge on any atom is 0.337 e. The van der Waals surface area contributed by atoms with E-state index in [1.165, 1.54) is 14.2 Å². The predicted molar refractivity (Wildman–Crippen MR) is 79.3 cm³/mol. The van der Waals surface area contributed by atoms with Crippen molar-refractivity contribution in [2.24, 2.45) is 0 Å². The van der Waals surface area contributed by atoms with Crippen molar-refractivity contribution < 1.29 is 24.1 Å². The molecule has 0 saturated carbocycles. The van der Waals surface area contributed by atoms with Gasteiger partial charge in [0.15, 0.2) is 11.5 Å². The number of rotatable bonds is 5. The Morgan fingerprint density at radius 2 is 1.95 bits per heavy atom. The van der Waals surface area contributed by atoms with Crippen LogP contribution in [0.1, 0.15) is 21.6 Å². The van der Waals surface area contributed by atoms with Gasteiger partial charge in [-0.2, -0.15) is 0 Å². The van der Waals surface area contributed by atoms with E-state index in [2.05, 4.69) is 9.72 Å². The van der Waals surface area contributed by atoms with Crippen LogP contribution in [0.3, 0.4) is 0 Å². The molecule has 0 aliphatic heterocycles. The molecule has 0 unspecified atom stereocenters. The van der Waals surface area contributed by atoms with Gasteiger partial charge in [-0.15, -0.1) is 0 Å². The molecule has 0 fully saturated rings. The van der Waals surface area contributed by atoms with Crippen molar-refractivity contribution in [3.8, 4) is 17.2 Å². The number of ether oxygens (including phenoxy) is 3. The van der Waals surface area contributed by atoms with Crippen LogP contribution < -0.4 is 9.47 Å². The SMILES string of the molecule is COC(=O)c1ccc(Oc2ccnc(CO)c2C)c(OC)c1. The van der Waals surface area contributed by atoms with E-state index < -0.39 is 5.97 Å². The molecular formula is C16H17NO5. The van der Waals surface area contributed by atoms with Gasteiger partial charge in [-0.1, -0.05) is 0 Å². The number of methoxy groups -OCH3 is 2. The van der Waals surface area contributed by atoms with Crippen LogP contribution in [0.25, 0.3) is 0 Å². The average Bonchev–Trinajstić information content (AvgIpc) is 2.56. The van der Waals surface area contributed by atoms with Gasteiger partial charge in [0, 0.05) is 11.8 Å². The Morgan fingerprint density at radius 3 is 2.59 bits per heavy atom. The summed E-state index contributed by atoms with van der Waals surface area (Å²) in [7, 11) is 2.80. The summed E-state index contributed by atoms with van der Waals surface area (Å²) in [6.45, 7) is 1.64. The van der Waals surface area contributed by atoms with E-state index in [0.29, 0.717) is 28.5 Å². The molecule has 0 aliphatic rings. The minimum Gasteiger partial charge on any atom is -0.493 e. The lowest BCUT2D eigenvalue weighted by Crippen LogP contribution is -2.02. The van der Waals surface area contributed by atoms with Gasteiger partial charge in [0.05, 0.1) is 32.1 Å². The first-order valence-electron chi connectivity index (χ1n) is 6.60. The van der Waals surface area contributed by atoms with Gasteiger partial charge in [-0.05, 0) is 31.2 Å². The van der Waals surface area contributed by atoms with Gasteiger partial charge in [-0.3, -0.25) is 4.98 Å². The third kappa shape index (κ3) is 3.17. The molecule has 0 radical (unpaired) electrons. The second kappa shape index (κ2) is 6.91. The molecule has 0 bridgehead atoms. The summed E-state index contributed by atoms with van der Waals surface area (Å²) >= 11 is 0. The zero-order valence-electron chi connectivity index (χ0n) is 12.6. The van der Waals surface area contributed by atoms with E-state index in [1.54, 1.807) is 30.5 Å². The maximum atomic E-state index is 11.5. The summed E-state index contributed by atoms with van der Waals surface area (Å²) in [5, 5.41) is 9.24. The molecule has 22 heavy (non-hydrogen) atoms. The van der Waals surface area contributed by atoms with Crippen molar-refractivity contribution in [2.75, 3.05) is 14.2 Å². The first-order valence-corrected chi connectivity index (χ1v) is 6.60. The van der Waals surface area contributed by atoms with Crippen LogP contribution in [0.15, 0.2) is 30.5 Å². The Kier molecular flexibility index (Phi) is 4.95. The van der Waals surface area contributed by atoms with Crippen molar-refractivity contribution in [1.29, 1.82) is 0 Å². The van der Waals surface area contributed by atoms with E-state index in [4.69, 9.17) is 9.47 Å². The zero-order chi connectivity index (χ0) is 16.1. The second-order valence-corrected chi connectivity index (χ2v) is 4.50. The lowest BCUT2D eigenvalue weighted by molar-refractivity contribution is 0.0600. The first kappa shape index (κ1) is 15.8. The third-order valence-electron chi connectivity index (χ3n) is 3.21. The molecular weight excluding hydrogens is 286 g/mol. The summed E-state index contributed by atoms with van der Waals surface area (Å²) in [5.41, 5.74) is 1.65. The maximum absolute atomic E-state index is 11.5. The van der Waals surface area contributed by atoms with E-state index in [9.17, 15) is 9.90 Å². The summed E-state index contributed by atoms with van der Waals surface area (Å²) in [5.74, 6) is 0.966. The lowest BCUT2D eigenvalue weighted by Gasteiger charge is -2.14. The molecule has 6 heteroatoms. The highest BCUT2D eigenvalue weighted by Crippen LogP contribution is 2.34. The Balaban J connectivity index is 2.36. The van der Waals surface area contributed by atoms with Crippen LogP contribution in [0.2, 0.25) is 0 Å². The lowest BCUT2D eigenvalue weighted by atomic mass is 10.2. The minimum absolute atomic E-state index is 0.165. The summed E-state index contributed by atoms with van der Waals surface area (Å²) in [4.78, 5) is 15.6. The highest BCUT2D eigenvalue weighted by atomic mass is 16.5. The van der Waals surface area contributed by atoms with E-state index in [0.717, 1.165) is 5.56 Å². The Morgan fingerprint density at radius 1 is 1.18 bits per heavy atom. The minimum atomic E-state index is -0.451. The fourth-order valence-corrected chi connectivity index (χ4v) is 1.94. The average molecular weight is 303 g/mol. The number of hydrogen-bond donors (Lipinski definition) is 1. The molecule has 0 aliphatic carbocycles. The molecule has 1 aromatic carbocycles. The third-order valence-corrected chi connectivity index (χ3v) is 3.21.